The van der Waals surface area contributed by atoms with Gasteiger partial charge in [0.1, 0.15) is 0 Å². The Hall–Kier alpha value is -1.14. The lowest BCUT2D eigenvalue weighted by Crippen LogP contribution is -2.04. The number of non-ortho nitro benzene ring substituents is 1. The highest BCUT2D eigenvalue weighted by Crippen LogP contribution is 2.28. The molecule has 1 aromatic rings. The second-order valence-electron chi connectivity index (χ2n) is 3.03. The van der Waals surface area contributed by atoms with E-state index in [0.717, 1.165) is 6.07 Å². The zero-order chi connectivity index (χ0) is 12.3. The molecule has 1 aromatic carbocycles. The molecular formula is C9H7BrClNO4. The minimum absolute atomic E-state index is 0.103. The van der Waals surface area contributed by atoms with Gasteiger partial charge in [-0.25, -0.2) is 0 Å². The molecule has 0 aromatic heterocycles. The minimum Gasteiger partial charge on any atom is -0.481 e. The number of rotatable bonds is 4. The van der Waals surface area contributed by atoms with Crippen LogP contribution in [-0.4, -0.2) is 16.0 Å². The van der Waals surface area contributed by atoms with Crippen molar-refractivity contribution in [3.8, 4) is 0 Å². The van der Waals surface area contributed by atoms with E-state index in [-0.39, 0.29) is 17.1 Å². The van der Waals surface area contributed by atoms with Crippen LogP contribution >= 0.6 is 27.5 Å². The number of nitro groups is 1. The molecule has 0 bridgehead atoms. The van der Waals surface area contributed by atoms with Crippen LogP contribution in [0.5, 0.6) is 0 Å². The lowest BCUT2D eigenvalue weighted by Gasteiger charge is -2.07. The Kier molecular flexibility index (Phi) is 4.26. The molecule has 5 nitrogen and oxygen atoms in total. The largest absolute Gasteiger partial charge is 0.481 e. The van der Waals surface area contributed by atoms with Crippen LogP contribution in [0.2, 0.25) is 5.02 Å². The van der Waals surface area contributed by atoms with Crippen LogP contribution in [0.4, 0.5) is 5.69 Å². The zero-order valence-corrected chi connectivity index (χ0v) is 10.3. The fraction of sp³-hybridized carbons (Fsp3) is 0.222. The van der Waals surface area contributed by atoms with Crippen LogP contribution in [0, 0.1) is 10.1 Å². The molecule has 0 saturated heterocycles. The average molecular weight is 309 g/mol. The summed E-state index contributed by atoms with van der Waals surface area (Å²) in [5.74, 6) is -1.03. The molecule has 7 heteroatoms. The number of hydrogen-bond donors (Lipinski definition) is 1. The van der Waals surface area contributed by atoms with Gasteiger partial charge in [0.05, 0.1) is 16.4 Å². The molecule has 0 saturated carbocycles. The van der Waals surface area contributed by atoms with Gasteiger partial charge in [0.25, 0.3) is 5.69 Å². The Labute approximate surface area is 104 Å². The molecular weight excluding hydrogens is 301 g/mol. The number of carboxylic acids is 1. The van der Waals surface area contributed by atoms with Gasteiger partial charge in [-0.3, -0.25) is 14.9 Å². The minimum atomic E-state index is -1.03. The van der Waals surface area contributed by atoms with Gasteiger partial charge >= 0.3 is 5.97 Å². The van der Waals surface area contributed by atoms with Crippen LogP contribution in [-0.2, 0) is 16.5 Å². The topological polar surface area (TPSA) is 80.4 Å². The van der Waals surface area contributed by atoms with Crippen molar-refractivity contribution in [1.82, 2.24) is 0 Å². The smallest absolute Gasteiger partial charge is 0.307 e. The number of halogens is 2. The van der Waals surface area contributed by atoms with Crippen LogP contribution in [0.15, 0.2) is 12.1 Å². The van der Waals surface area contributed by atoms with Gasteiger partial charge < -0.3 is 5.11 Å². The van der Waals surface area contributed by atoms with E-state index >= 15 is 0 Å². The van der Waals surface area contributed by atoms with Gasteiger partial charge in [-0.05, 0) is 11.1 Å². The van der Waals surface area contributed by atoms with Crippen molar-refractivity contribution in [2.75, 3.05) is 0 Å². The van der Waals surface area contributed by atoms with Crippen molar-refractivity contribution in [3.05, 3.63) is 38.4 Å². The monoisotopic (exact) mass is 307 g/mol. The molecule has 1 N–H and O–H groups in total. The summed E-state index contributed by atoms with van der Waals surface area (Å²) in [6.45, 7) is 0. The van der Waals surface area contributed by atoms with Crippen LogP contribution in [0.1, 0.15) is 11.1 Å². The highest BCUT2D eigenvalue weighted by molar-refractivity contribution is 9.08. The molecule has 0 unspecified atom stereocenters. The molecule has 0 radical (unpaired) electrons. The molecule has 0 atom stereocenters. The molecule has 86 valence electrons. The van der Waals surface area contributed by atoms with E-state index in [1.165, 1.54) is 6.07 Å². The molecule has 0 amide bonds. The zero-order valence-electron chi connectivity index (χ0n) is 7.94. The fourth-order valence-electron chi connectivity index (χ4n) is 1.25. The first-order valence-corrected chi connectivity index (χ1v) is 5.69. The van der Waals surface area contributed by atoms with Gasteiger partial charge in [-0.2, -0.15) is 0 Å². The van der Waals surface area contributed by atoms with E-state index < -0.39 is 10.9 Å². The third-order valence-electron chi connectivity index (χ3n) is 1.96. The van der Waals surface area contributed by atoms with E-state index in [0.29, 0.717) is 16.5 Å². The predicted molar refractivity (Wildman–Crippen MR) is 62.1 cm³/mol. The van der Waals surface area contributed by atoms with Crippen molar-refractivity contribution >= 4 is 39.2 Å². The normalized spacial score (nSPS) is 10.1. The maximum atomic E-state index is 10.6. The van der Waals surface area contributed by atoms with Gasteiger partial charge in [-0.1, -0.05) is 27.5 Å². The lowest BCUT2D eigenvalue weighted by molar-refractivity contribution is -0.384. The summed E-state index contributed by atoms with van der Waals surface area (Å²) in [6.07, 6.45) is -0.252. The van der Waals surface area contributed by atoms with E-state index in [1.54, 1.807) is 0 Å². The third kappa shape index (κ3) is 2.93. The Morgan fingerprint density at radius 2 is 2.19 bits per heavy atom. The summed E-state index contributed by atoms with van der Waals surface area (Å²) in [4.78, 5) is 20.6. The third-order valence-corrected chi connectivity index (χ3v) is 2.90. The first-order chi connectivity index (χ1) is 7.45. The Morgan fingerprint density at radius 1 is 1.56 bits per heavy atom. The van der Waals surface area contributed by atoms with Gasteiger partial charge in [0.2, 0.25) is 0 Å². The van der Waals surface area contributed by atoms with E-state index in [2.05, 4.69) is 15.9 Å². The number of hydrogen-bond acceptors (Lipinski definition) is 3. The van der Waals surface area contributed by atoms with Crippen LogP contribution in [0.25, 0.3) is 0 Å². The SMILES string of the molecule is O=C(O)Cc1c(Cl)cc([N+](=O)[O-])cc1CBr. The molecule has 0 fully saturated rings. The summed E-state index contributed by atoms with van der Waals surface area (Å²) >= 11 is 8.95. The van der Waals surface area contributed by atoms with E-state index in [1.807, 2.05) is 0 Å². The number of benzene rings is 1. The summed E-state index contributed by atoms with van der Waals surface area (Å²) < 4.78 is 0. The summed E-state index contributed by atoms with van der Waals surface area (Å²) in [5, 5.41) is 19.7. The first-order valence-electron chi connectivity index (χ1n) is 4.19. The Morgan fingerprint density at radius 3 is 2.62 bits per heavy atom. The molecule has 0 heterocycles. The van der Waals surface area contributed by atoms with E-state index in [9.17, 15) is 14.9 Å². The fourth-order valence-corrected chi connectivity index (χ4v) is 2.05. The highest BCUT2D eigenvalue weighted by Gasteiger charge is 2.16. The number of aliphatic carboxylic acids is 1. The van der Waals surface area contributed by atoms with Crippen LogP contribution < -0.4 is 0 Å². The second-order valence-corrected chi connectivity index (χ2v) is 3.99. The predicted octanol–water partition coefficient (Wildman–Crippen LogP) is 2.77. The summed E-state index contributed by atoms with van der Waals surface area (Å²) in [6, 6.07) is 2.48. The number of nitrogens with zero attached hydrogens (tertiary/aromatic N) is 1. The van der Waals surface area contributed by atoms with Crippen molar-refractivity contribution in [2.45, 2.75) is 11.8 Å². The van der Waals surface area contributed by atoms with Gasteiger partial charge in [0.15, 0.2) is 0 Å². The molecule has 0 aliphatic heterocycles. The van der Waals surface area contributed by atoms with E-state index in [4.69, 9.17) is 16.7 Å². The molecule has 0 spiro atoms. The molecule has 1 rings (SSSR count). The van der Waals surface area contributed by atoms with Gasteiger partial charge in [-0.15, -0.1) is 0 Å². The number of alkyl halides is 1. The molecule has 0 aliphatic rings. The average Bonchev–Trinajstić information content (AvgIpc) is 2.19. The standard InChI is InChI=1S/C9H7BrClNO4/c10-4-5-1-6(12(15)16)2-8(11)7(5)3-9(13)14/h1-2H,3-4H2,(H,13,14). The maximum absolute atomic E-state index is 10.6. The number of carbonyl (C=O) groups is 1. The van der Waals surface area contributed by atoms with Crippen LogP contribution in [0.3, 0.4) is 0 Å². The lowest BCUT2D eigenvalue weighted by atomic mass is 10.0. The Balaban J connectivity index is 3.28. The van der Waals surface area contributed by atoms with Crippen molar-refractivity contribution in [3.63, 3.8) is 0 Å². The second kappa shape index (κ2) is 5.27. The summed E-state index contributed by atoms with van der Waals surface area (Å²) in [7, 11) is 0. The van der Waals surface area contributed by atoms with Crippen molar-refractivity contribution < 1.29 is 14.8 Å². The number of nitro benzene ring substituents is 1. The van der Waals surface area contributed by atoms with Gasteiger partial charge in [0, 0.05) is 17.5 Å². The highest BCUT2D eigenvalue weighted by atomic mass is 79.9. The van der Waals surface area contributed by atoms with Crippen molar-refractivity contribution in [1.29, 1.82) is 0 Å². The molecule has 0 aliphatic carbocycles. The Bertz CT molecular complexity index is 449. The summed E-state index contributed by atoms with van der Waals surface area (Å²) in [5.41, 5.74) is 0.770. The first kappa shape index (κ1) is 12.9. The maximum Gasteiger partial charge on any atom is 0.307 e. The quantitative estimate of drug-likeness (QED) is 0.527. The van der Waals surface area contributed by atoms with Crippen molar-refractivity contribution in [2.24, 2.45) is 0 Å². The number of carboxylic acid groups (broad SMARTS) is 1. The molecule has 16 heavy (non-hydrogen) atoms.